The normalized spacial score (nSPS) is 18.9. The zero-order valence-electron chi connectivity index (χ0n) is 11.1. The van der Waals surface area contributed by atoms with Crippen LogP contribution in [-0.2, 0) is 14.3 Å². The molecule has 3 nitrogen and oxygen atoms in total. The highest BCUT2D eigenvalue weighted by molar-refractivity contribution is 5.87. The highest BCUT2D eigenvalue weighted by Gasteiger charge is 2.18. The molecule has 0 N–H and O–H groups in total. The topological polar surface area (TPSA) is 35.5 Å². The first-order valence-electron chi connectivity index (χ1n) is 6.46. The van der Waals surface area contributed by atoms with Crippen LogP contribution in [0.25, 0.3) is 0 Å². The van der Waals surface area contributed by atoms with E-state index in [1.807, 2.05) is 6.92 Å². The van der Waals surface area contributed by atoms with Gasteiger partial charge in [-0.1, -0.05) is 20.1 Å². The third kappa shape index (κ3) is 4.78. The Morgan fingerprint density at radius 3 is 2.67 bits per heavy atom. The van der Waals surface area contributed by atoms with Crippen LogP contribution in [-0.4, -0.2) is 12.6 Å². The van der Waals surface area contributed by atoms with Gasteiger partial charge in [0.1, 0.15) is 0 Å². The van der Waals surface area contributed by atoms with Crippen LogP contribution in [0.1, 0.15) is 39.0 Å². The number of allylic oxidation sites excluding steroid dienone is 1. The molecule has 1 aliphatic carbocycles. The second kappa shape index (κ2) is 7.75. The van der Waals surface area contributed by atoms with Crippen LogP contribution in [0, 0.1) is 5.92 Å². The molecule has 0 unspecified atom stereocenters. The van der Waals surface area contributed by atoms with Gasteiger partial charge in [-0.15, -0.1) is 0 Å². The van der Waals surface area contributed by atoms with Crippen LogP contribution >= 0.6 is 0 Å². The maximum Gasteiger partial charge on any atom is 0.333 e. The lowest BCUT2D eigenvalue weighted by Crippen LogP contribution is -2.18. The summed E-state index contributed by atoms with van der Waals surface area (Å²) in [6, 6.07) is 0. The van der Waals surface area contributed by atoms with Crippen molar-refractivity contribution in [3.05, 3.63) is 36.8 Å². The molecule has 0 atom stereocenters. The van der Waals surface area contributed by atoms with Gasteiger partial charge in [0.05, 0.1) is 19.1 Å². The summed E-state index contributed by atoms with van der Waals surface area (Å²) in [4.78, 5) is 11.5. The van der Waals surface area contributed by atoms with Crippen LogP contribution in [0.4, 0.5) is 0 Å². The van der Waals surface area contributed by atoms with Crippen LogP contribution in [0.5, 0.6) is 0 Å². The van der Waals surface area contributed by atoms with E-state index in [0.717, 1.165) is 25.7 Å². The van der Waals surface area contributed by atoms with Crippen molar-refractivity contribution < 1.29 is 14.3 Å². The summed E-state index contributed by atoms with van der Waals surface area (Å²) in [6.45, 7) is 9.58. The Morgan fingerprint density at radius 1 is 1.44 bits per heavy atom. The molecule has 0 spiro atoms. The summed E-state index contributed by atoms with van der Waals surface area (Å²) >= 11 is 0. The molecule has 18 heavy (non-hydrogen) atoms. The van der Waals surface area contributed by atoms with Gasteiger partial charge in [0, 0.05) is 5.57 Å². The fourth-order valence-corrected chi connectivity index (χ4v) is 1.92. The van der Waals surface area contributed by atoms with Crippen molar-refractivity contribution in [1.29, 1.82) is 0 Å². The molecule has 1 fully saturated rings. The molecule has 0 heterocycles. The molecule has 0 saturated heterocycles. The van der Waals surface area contributed by atoms with Gasteiger partial charge in [-0.3, -0.25) is 0 Å². The maximum absolute atomic E-state index is 11.5. The molecule has 0 aromatic carbocycles. The van der Waals surface area contributed by atoms with E-state index in [-0.39, 0.29) is 5.97 Å². The SMILES string of the molecule is C=COC=C1CCC(COC(=O)C(=C)CC)CC1. The number of hydrogen-bond acceptors (Lipinski definition) is 3. The Hall–Kier alpha value is -1.51. The molecule has 0 aromatic heterocycles. The standard InChI is InChI=1S/C15H22O3/c1-4-12(3)15(16)18-11-14-8-6-13(7-9-14)10-17-5-2/h5,10,14H,2-4,6-9,11H2,1H3. The minimum absolute atomic E-state index is 0.256. The van der Waals surface area contributed by atoms with Gasteiger partial charge in [0.15, 0.2) is 0 Å². The van der Waals surface area contributed by atoms with Crippen molar-refractivity contribution in [3.63, 3.8) is 0 Å². The molecule has 0 radical (unpaired) electrons. The molecule has 1 aliphatic rings. The number of esters is 1. The highest BCUT2D eigenvalue weighted by Crippen LogP contribution is 2.28. The smallest absolute Gasteiger partial charge is 0.333 e. The Morgan fingerprint density at radius 2 is 2.11 bits per heavy atom. The first kappa shape index (κ1) is 14.6. The number of hydrogen-bond donors (Lipinski definition) is 0. The molecule has 0 aliphatic heterocycles. The maximum atomic E-state index is 11.5. The first-order valence-corrected chi connectivity index (χ1v) is 6.46. The lowest BCUT2D eigenvalue weighted by atomic mass is 9.87. The number of carbonyl (C=O) groups excluding carboxylic acids is 1. The summed E-state index contributed by atoms with van der Waals surface area (Å²) in [6.07, 6.45) is 7.94. The van der Waals surface area contributed by atoms with Gasteiger partial charge < -0.3 is 9.47 Å². The van der Waals surface area contributed by atoms with Crippen LogP contribution in [0.2, 0.25) is 0 Å². The van der Waals surface area contributed by atoms with Gasteiger partial charge in [0.25, 0.3) is 0 Å². The van der Waals surface area contributed by atoms with Crippen molar-refractivity contribution in [2.45, 2.75) is 39.0 Å². The second-order valence-corrected chi connectivity index (χ2v) is 4.58. The van der Waals surface area contributed by atoms with E-state index in [9.17, 15) is 4.79 Å². The minimum atomic E-state index is -0.256. The Labute approximate surface area is 109 Å². The minimum Gasteiger partial charge on any atom is -0.473 e. The molecule has 1 rings (SSSR count). The summed E-state index contributed by atoms with van der Waals surface area (Å²) in [5.41, 5.74) is 1.85. The molecule has 1 saturated carbocycles. The summed E-state index contributed by atoms with van der Waals surface area (Å²) in [5, 5.41) is 0. The Kier molecular flexibility index (Phi) is 6.26. The molecule has 0 bridgehead atoms. The quantitative estimate of drug-likeness (QED) is 0.409. The average molecular weight is 250 g/mol. The fraction of sp³-hybridized carbons (Fsp3) is 0.533. The number of ether oxygens (including phenoxy) is 2. The predicted molar refractivity (Wildman–Crippen MR) is 71.7 cm³/mol. The van der Waals surface area contributed by atoms with Gasteiger partial charge >= 0.3 is 5.97 Å². The van der Waals surface area contributed by atoms with Crippen molar-refractivity contribution in [1.82, 2.24) is 0 Å². The van der Waals surface area contributed by atoms with Gasteiger partial charge in [-0.25, -0.2) is 4.79 Å². The highest BCUT2D eigenvalue weighted by atomic mass is 16.5. The van der Waals surface area contributed by atoms with Gasteiger partial charge in [-0.05, 0) is 43.6 Å². The zero-order chi connectivity index (χ0) is 13.4. The van der Waals surface area contributed by atoms with Gasteiger partial charge in [-0.2, -0.15) is 0 Å². The third-order valence-electron chi connectivity index (χ3n) is 3.24. The van der Waals surface area contributed by atoms with E-state index < -0.39 is 0 Å². The molecular formula is C15H22O3. The third-order valence-corrected chi connectivity index (χ3v) is 3.24. The molecule has 100 valence electrons. The predicted octanol–water partition coefficient (Wildman–Crippen LogP) is 3.73. The van der Waals surface area contributed by atoms with Crippen molar-refractivity contribution >= 4 is 5.97 Å². The summed E-state index contributed by atoms with van der Waals surface area (Å²) < 4.78 is 10.3. The van der Waals surface area contributed by atoms with Crippen LogP contribution < -0.4 is 0 Å². The van der Waals surface area contributed by atoms with Crippen molar-refractivity contribution in [3.8, 4) is 0 Å². The van der Waals surface area contributed by atoms with Gasteiger partial charge in [0.2, 0.25) is 0 Å². The summed E-state index contributed by atoms with van der Waals surface area (Å²) in [5.74, 6) is 0.202. The molecule has 0 aromatic rings. The van der Waals surface area contributed by atoms with Crippen LogP contribution in [0.15, 0.2) is 36.8 Å². The van der Waals surface area contributed by atoms with Crippen molar-refractivity contribution in [2.75, 3.05) is 6.61 Å². The lowest BCUT2D eigenvalue weighted by Gasteiger charge is -2.23. The lowest BCUT2D eigenvalue weighted by molar-refractivity contribution is -0.140. The van der Waals surface area contributed by atoms with Crippen LogP contribution in [0.3, 0.4) is 0 Å². The monoisotopic (exact) mass is 250 g/mol. The summed E-state index contributed by atoms with van der Waals surface area (Å²) in [7, 11) is 0. The van der Waals surface area contributed by atoms with E-state index >= 15 is 0 Å². The van der Waals surface area contributed by atoms with E-state index in [4.69, 9.17) is 9.47 Å². The zero-order valence-corrected chi connectivity index (χ0v) is 11.1. The number of rotatable bonds is 6. The van der Waals surface area contributed by atoms with E-state index in [2.05, 4.69) is 13.2 Å². The molecule has 3 heteroatoms. The van der Waals surface area contributed by atoms with E-state index in [0.29, 0.717) is 24.5 Å². The fourth-order valence-electron chi connectivity index (χ4n) is 1.92. The van der Waals surface area contributed by atoms with Crippen molar-refractivity contribution in [2.24, 2.45) is 5.92 Å². The second-order valence-electron chi connectivity index (χ2n) is 4.58. The number of carbonyl (C=O) groups is 1. The van der Waals surface area contributed by atoms with E-state index in [1.54, 1.807) is 6.26 Å². The first-order chi connectivity index (χ1) is 8.67. The Balaban J connectivity index is 2.25. The molecular weight excluding hydrogens is 228 g/mol. The average Bonchev–Trinajstić information content (AvgIpc) is 2.42. The Bertz CT molecular complexity index is 332. The molecule has 0 amide bonds. The largest absolute Gasteiger partial charge is 0.473 e. The van der Waals surface area contributed by atoms with E-state index in [1.165, 1.54) is 11.8 Å².